The molecule has 0 unspecified atom stereocenters. The van der Waals surface area contributed by atoms with Crippen molar-refractivity contribution in [2.45, 2.75) is 45.1 Å². The predicted molar refractivity (Wildman–Crippen MR) is 76.0 cm³/mol. The smallest absolute Gasteiger partial charge is 0.166 e. The Morgan fingerprint density at radius 3 is 1.89 bits per heavy atom. The number of hydrogen-bond donors (Lipinski definition) is 0. The molecule has 0 spiro atoms. The van der Waals surface area contributed by atoms with Crippen LogP contribution in [0, 0.1) is 0 Å². The third-order valence-electron chi connectivity index (χ3n) is 3.90. The minimum Gasteiger partial charge on any atom is -0.166 e. The Morgan fingerprint density at radius 1 is 1.06 bits per heavy atom. The number of alkyl halides is 3. The first kappa shape index (κ1) is 15.8. The zero-order valence-corrected chi connectivity index (χ0v) is 13.5. The molecule has 0 nitrogen and oxygen atoms in total. The van der Waals surface area contributed by atoms with E-state index >= 15 is 0 Å². The van der Waals surface area contributed by atoms with Crippen molar-refractivity contribution in [2.24, 2.45) is 0 Å². The molecule has 0 saturated heterocycles. The van der Waals surface area contributed by atoms with E-state index in [2.05, 4.69) is 36.7 Å². The summed E-state index contributed by atoms with van der Waals surface area (Å²) in [5.74, 6) is 0. The lowest BCUT2D eigenvalue weighted by atomic mass is 10.2. The highest BCUT2D eigenvalue weighted by atomic mass is 79.9. The second kappa shape index (κ2) is 5.78. The largest absolute Gasteiger partial charge is 0.416 e. The molecule has 102 valence electrons. The highest BCUT2D eigenvalue weighted by Gasteiger charge is 2.34. The Kier molecular flexibility index (Phi) is 5.06. The molecule has 1 aromatic rings. The molecule has 0 radical (unpaired) electrons. The van der Waals surface area contributed by atoms with E-state index in [4.69, 9.17) is 0 Å². The number of hydrogen-bond acceptors (Lipinski definition) is 0. The fourth-order valence-corrected chi connectivity index (χ4v) is 7.74. The highest BCUT2D eigenvalue weighted by molar-refractivity contribution is 9.10. The number of benzene rings is 1. The van der Waals surface area contributed by atoms with Crippen molar-refractivity contribution in [1.82, 2.24) is 0 Å². The molecule has 0 amide bonds. The molecule has 1 rings (SSSR count). The Bertz CT molecular complexity index is 403. The van der Waals surface area contributed by atoms with Gasteiger partial charge in [0.05, 0.1) is 13.6 Å². The molecule has 18 heavy (non-hydrogen) atoms. The van der Waals surface area contributed by atoms with Crippen LogP contribution in [0.25, 0.3) is 0 Å². The van der Waals surface area contributed by atoms with E-state index in [0.717, 1.165) is 23.3 Å². The normalized spacial score (nSPS) is 12.8. The van der Waals surface area contributed by atoms with E-state index in [1.807, 2.05) is 0 Å². The van der Waals surface area contributed by atoms with Gasteiger partial charge < -0.3 is 0 Å². The summed E-state index contributed by atoms with van der Waals surface area (Å²) in [5.41, 5.74) is -0.579. The first-order chi connectivity index (χ1) is 8.30. The van der Waals surface area contributed by atoms with Crippen molar-refractivity contribution < 1.29 is 13.2 Å². The SMILES string of the molecule is CC[Si](CC)(CC)c1ccc(C(F)(F)F)cc1Br. The van der Waals surface area contributed by atoms with Crippen molar-refractivity contribution in [1.29, 1.82) is 0 Å². The fourth-order valence-electron chi connectivity index (χ4n) is 2.44. The summed E-state index contributed by atoms with van der Waals surface area (Å²) in [6.45, 7) is 6.43. The van der Waals surface area contributed by atoms with Gasteiger partial charge in [-0.25, -0.2) is 0 Å². The molecule has 0 aliphatic carbocycles. The van der Waals surface area contributed by atoms with Crippen LogP contribution in [-0.4, -0.2) is 8.07 Å². The second-order valence-corrected chi connectivity index (χ2v) is 10.6. The van der Waals surface area contributed by atoms with Crippen LogP contribution in [0.2, 0.25) is 18.1 Å². The molecule has 0 N–H and O–H groups in total. The van der Waals surface area contributed by atoms with Gasteiger partial charge in [-0.15, -0.1) is 0 Å². The summed E-state index contributed by atoms with van der Waals surface area (Å²) < 4.78 is 38.5. The maximum atomic E-state index is 12.6. The lowest BCUT2D eigenvalue weighted by Gasteiger charge is -2.30. The first-order valence-corrected chi connectivity index (χ1v) is 9.59. The predicted octanol–water partition coefficient (Wildman–Crippen LogP) is 5.18. The van der Waals surface area contributed by atoms with Crippen molar-refractivity contribution in [3.63, 3.8) is 0 Å². The molecule has 0 aliphatic rings. The molecular weight excluding hydrogens is 321 g/mol. The third kappa shape index (κ3) is 2.99. The van der Waals surface area contributed by atoms with Crippen molar-refractivity contribution >= 4 is 29.2 Å². The van der Waals surface area contributed by atoms with Gasteiger partial charge in [-0.3, -0.25) is 0 Å². The van der Waals surface area contributed by atoms with Gasteiger partial charge >= 0.3 is 6.18 Å². The van der Waals surface area contributed by atoms with Gasteiger partial charge in [0, 0.05) is 4.47 Å². The quantitative estimate of drug-likeness (QED) is 0.663. The van der Waals surface area contributed by atoms with Crippen LogP contribution in [0.1, 0.15) is 26.3 Å². The van der Waals surface area contributed by atoms with E-state index in [-0.39, 0.29) is 0 Å². The molecule has 5 heteroatoms. The zero-order chi connectivity index (χ0) is 14.0. The molecule has 0 saturated carbocycles. The molecular formula is C13H18BrF3Si. The zero-order valence-electron chi connectivity index (χ0n) is 10.9. The second-order valence-electron chi connectivity index (χ2n) is 4.53. The summed E-state index contributed by atoms with van der Waals surface area (Å²) in [5, 5.41) is 1.11. The minimum atomic E-state index is -4.27. The Morgan fingerprint density at radius 2 is 1.56 bits per heavy atom. The van der Waals surface area contributed by atoms with Crippen LogP contribution >= 0.6 is 15.9 Å². The topological polar surface area (TPSA) is 0 Å². The summed E-state index contributed by atoms with van der Waals surface area (Å²) in [7, 11) is -1.63. The summed E-state index contributed by atoms with van der Waals surface area (Å²) in [6.07, 6.45) is -4.27. The monoisotopic (exact) mass is 338 g/mol. The van der Waals surface area contributed by atoms with Gasteiger partial charge in [0.1, 0.15) is 0 Å². The molecule has 1 aromatic carbocycles. The van der Waals surface area contributed by atoms with Crippen LogP contribution < -0.4 is 5.19 Å². The van der Waals surface area contributed by atoms with E-state index < -0.39 is 19.8 Å². The van der Waals surface area contributed by atoms with Gasteiger partial charge in [-0.2, -0.15) is 13.2 Å². The van der Waals surface area contributed by atoms with Crippen LogP contribution in [-0.2, 0) is 6.18 Å². The van der Waals surface area contributed by atoms with Crippen LogP contribution in [0.15, 0.2) is 22.7 Å². The average molecular weight is 339 g/mol. The van der Waals surface area contributed by atoms with E-state index in [9.17, 15) is 13.2 Å². The van der Waals surface area contributed by atoms with Crippen molar-refractivity contribution in [3.8, 4) is 0 Å². The van der Waals surface area contributed by atoms with Crippen LogP contribution in [0.4, 0.5) is 13.2 Å². The lowest BCUT2D eigenvalue weighted by Crippen LogP contribution is -2.46. The lowest BCUT2D eigenvalue weighted by molar-refractivity contribution is -0.137. The highest BCUT2D eigenvalue weighted by Crippen LogP contribution is 2.32. The number of rotatable bonds is 4. The average Bonchev–Trinajstić information content (AvgIpc) is 2.32. The van der Waals surface area contributed by atoms with Gasteiger partial charge in [0.2, 0.25) is 0 Å². The minimum absolute atomic E-state index is 0.579. The van der Waals surface area contributed by atoms with E-state index in [1.54, 1.807) is 6.07 Å². The molecule has 0 heterocycles. The Hall–Kier alpha value is -0.293. The van der Waals surface area contributed by atoms with Crippen molar-refractivity contribution in [2.75, 3.05) is 0 Å². The molecule has 0 aliphatic heterocycles. The van der Waals surface area contributed by atoms with E-state index in [0.29, 0.717) is 4.47 Å². The van der Waals surface area contributed by atoms with Gasteiger partial charge in [0.25, 0.3) is 0 Å². The molecule has 0 aromatic heterocycles. The fraction of sp³-hybridized carbons (Fsp3) is 0.538. The maximum Gasteiger partial charge on any atom is 0.416 e. The standard InChI is InChI=1S/C13H18BrF3Si/c1-4-18(5-2,6-3)12-8-7-10(9-11(12)14)13(15,16)17/h7-9H,4-6H2,1-3H3. The van der Waals surface area contributed by atoms with Gasteiger partial charge in [-0.05, 0) is 11.3 Å². The Labute approximate surface area is 116 Å². The molecule has 0 bridgehead atoms. The maximum absolute atomic E-state index is 12.6. The van der Waals surface area contributed by atoms with Crippen molar-refractivity contribution in [3.05, 3.63) is 28.2 Å². The third-order valence-corrected chi connectivity index (χ3v) is 10.6. The summed E-state index contributed by atoms with van der Waals surface area (Å²) >= 11 is 3.33. The molecule has 0 atom stereocenters. The molecule has 0 fully saturated rings. The van der Waals surface area contributed by atoms with Crippen LogP contribution in [0.5, 0.6) is 0 Å². The summed E-state index contributed by atoms with van der Waals surface area (Å²) in [4.78, 5) is 0. The number of halogens is 4. The van der Waals surface area contributed by atoms with Gasteiger partial charge in [0.15, 0.2) is 0 Å². The Balaban J connectivity index is 3.28. The summed E-state index contributed by atoms with van der Waals surface area (Å²) in [6, 6.07) is 7.29. The van der Waals surface area contributed by atoms with E-state index in [1.165, 1.54) is 12.1 Å². The van der Waals surface area contributed by atoms with Gasteiger partial charge in [-0.1, -0.05) is 67.0 Å². The van der Waals surface area contributed by atoms with Crippen LogP contribution in [0.3, 0.4) is 0 Å². The first-order valence-electron chi connectivity index (χ1n) is 6.18.